The van der Waals surface area contributed by atoms with E-state index < -0.39 is 0 Å². The quantitative estimate of drug-likeness (QED) is 0.170. The molecule has 49 heavy (non-hydrogen) atoms. The summed E-state index contributed by atoms with van der Waals surface area (Å²) in [6.07, 6.45) is 1.08. The van der Waals surface area contributed by atoms with Crippen LogP contribution < -0.4 is 0 Å². The van der Waals surface area contributed by atoms with Gasteiger partial charge in [0.15, 0.2) is 0 Å². The molecule has 0 N–H and O–H groups in total. The third-order valence-electron chi connectivity index (χ3n) is 12.0. The van der Waals surface area contributed by atoms with Crippen LogP contribution in [-0.2, 0) is 6.42 Å². The van der Waals surface area contributed by atoms with Crippen molar-refractivity contribution in [1.29, 1.82) is 0 Å². The molecule has 0 unspecified atom stereocenters. The minimum absolute atomic E-state index is 1.08. The molecule has 0 aliphatic heterocycles. The second-order valence-electron chi connectivity index (χ2n) is 14.3. The van der Waals surface area contributed by atoms with Crippen LogP contribution in [-0.4, -0.2) is 0 Å². The van der Waals surface area contributed by atoms with Gasteiger partial charge in [0.1, 0.15) is 0 Å². The Balaban J connectivity index is 1.34. The van der Waals surface area contributed by atoms with Gasteiger partial charge >= 0.3 is 0 Å². The maximum Gasteiger partial charge on any atom is -0.000741 e. The van der Waals surface area contributed by atoms with Crippen molar-refractivity contribution in [3.63, 3.8) is 0 Å². The molecule has 0 radical (unpaired) electrons. The van der Waals surface area contributed by atoms with E-state index in [0.717, 1.165) is 6.42 Å². The lowest BCUT2D eigenvalue weighted by Crippen LogP contribution is -2.02. The van der Waals surface area contributed by atoms with Crippen molar-refractivity contribution in [1.82, 2.24) is 0 Å². The molecule has 0 saturated carbocycles. The fourth-order valence-corrected chi connectivity index (χ4v) is 10.1. The van der Waals surface area contributed by atoms with Crippen LogP contribution in [0.5, 0.6) is 0 Å². The molecule has 0 saturated heterocycles. The zero-order valence-corrected chi connectivity index (χ0v) is 26.6. The van der Waals surface area contributed by atoms with Gasteiger partial charge in [0.25, 0.3) is 0 Å². The molecule has 1 aliphatic carbocycles. The van der Waals surface area contributed by atoms with E-state index in [1.54, 1.807) is 0 Å². The molecule has 13 rings (SSSR count). The summed E-state index contributed by atoms with van der Waals surface area (Å²) in [5.41, 5.74) is 8.21. The van der Waals surface area contributed by atoms with Crippen molar-refractivity contribution in [3.05, 3.63) is 157 Å². The topological polar surface area (TPSA) is 0 Å². The molecule has 0 atom stereocenters. The second kappa shape index (κ2) is 8.42. The van der Waals surface area contributed by atoms with Crippen molar-refractivity contribution in [2.24, 2.45) is 0 Å². The van der Waals surface area contributed by atoms with E-state index in [1.807, 2.05) is 0 Å². The number of hydrogen-bond acceptors (Lipinski definition) is 0. The average molecular weight is 615 g/mol. The smallest absolute Gasteiger partial charge is 0.000741 e. The van der Waals surface area contributed by atoms with Crippen molar-refractivity contribution < 1.29 is 0 Å². The van der Waals surface area contributed by atoms with Crippen LogP contribution in [0.2, 0.25) is 0 Å². The fourth-order valence-electron chi connectivity index (χ4n) is 10.1. The van der Waals surface area contributed by atoms with Crippen molar-refractivity contribution in [3.8, 4) is 22.3 Å². The van der Waals surface area contributed by atoms with Crippen LogP contribution in [0, 0.1) is 0 Å². The molecule has 0 heterocycles. The third kappa shape index (κ3) is 2.87. The SMILES string of the molecule is c1ccc(-c2c3cc4c(cc3c(-c3ccccc3)c3c5ccc6c7c(ccc(c23)c75)C6)c2cc3cccc5ccc6ccc4c2c6c53)cc1. The van der Waals surface area contributed by atoms with Crippen LogP contribution >= 0.6 is 0 Å². The fraction of sp³-hybridized carbons (Fsp3) is 0.0204. The molecule has 222 valence electrons. The summed E-state index contributed by atoms with van der Waals surface area (Å²) in [7, 11) is 0. The third-order valence-corrected chi connectivity index (χ3v) is 12.0. The van der Waals surface area contributed by atoms with Gasteiger partial charge in [-0.05, 0) is 155 Å². The molecular weight excluding hydrogens is 589 g/mol. The first kappa shape index (κ1) is 24.9. The van der Waals surface area contributed by atoms with E-state index in [9.17, 15) is 0 Å². The highest BCUT2D eigenvalue weighted by atomic mass is 14.3. The summed E-state index contributed by atoms with van der Waals surface area (Å²) >= 11 is 0. The Labute approximate surface area is 281 Å². The molecule has 0 bridgehead atoms. The van der Waals surface area contributed by atoms with Crippen LogP contribution in [0.15, 0.2) is 146 Å². The maximum atomic E-state index is 2.55. The van der Waals surface area contributed by atoms with Crippen LogP contribution in [0.25, 0.3) is 119 Å². The Bertz CT molecular complexity index is 3360. The summed E-state index contributed by atoms with van der Waals surface area (Å²) in [6.45, 7) is 0. The number of benzene rings is 10. The van der Waals surface area contributed by atoms with Gasteiger partial charge in [-0.2, -0.15) is 0 Å². The van der Waals surface area contributed by atoms with Gasteiger partial charge in [-0.25, -0.2) is 0 Å². The Hall–Kier alpha value is -6.24. The Morgan fingerprint density at radius 2 is 0.796 bits per heavy atom. The second-order valence-corrected chi connectivity index (χ2v) is 14.3. The number of fused-ring (bicyclic) bond motifs is 7. The molecule has 12 aromatic carbocycles. The summed E-state index contributed by atoms with van der Waals surface area (Å²) in [4.78, 5) is 0. The summed E-state index contributed by atoms with van der Waals surface area (Å²) in [5.74, 6) is 0. The van der Waals surface area contributed by atoms with Gasteiger partial charge in [-0.3, -0.25) is 0 Å². The van der Waals surface area contributed by atoms with Gasteiger partial charge in [0.05, 0.1) is 0 Å². The van der Waals surface area contributed by atoms with Crippen LogP contribution in [0.4, 0.5) is 0 Å². The van der Waals surface area contributed by atoms with Gasteiger partial charge in [0, 0.05) is 0 Å². The van der Waals surface area contributed by atoms with Crippen LogP contribution in [0.1, 0.15) is 11.1 Å². The zero-order valence-electron chi connectivity index (χ0n) is 26.6. The standard InChI is InChI=1S/C49H26/c1-3-8-26(9-4-1)43-39-24-36-33-19-16-29-15-14-28-12-7-13-30-23-38(46(33)45(29)41(28)30)37(36)25-40(39)44(27-10-5-2-6-11-27)49-35-21-18-32-22-31-17-20-34(48(43)49)47(35)42(31)32/h1-21,23-25H,22H2. The number of hydrogen-bond donors (Lipinski definition) is 0. The minimum atomic E-state index is 1.08. The lowest BCUT2D eigenvalue weighted by molar-refractivity contribution is 1.17. The zero-order chi connectivity index (χ0) is 31.5. The predicted octanol–water partition coefficient (Wildman–Crippen LogP) is 13.6. The van der Waals surface area contributed by atoms with Gasteiger partial charge in [-0.15, -0.1) is 0 Å². The predicted molar refractivity (Wildman–Crippen MR) is 211 cm³/mol. The van der Waals surface area contributed by atoms with E-state index in [4.69, 9.17) is 0 Å². The van der Waals surface area contributed by atoms with E-state index in [2.05, 4.69) is 146 Å². The lowest BCUT2D eigenvalue weighted by Gasteiger charge is -2.20. The molecular formula is C49H26. The summed E-state index contributed by atoms with van der Waals surface area (Å²) in [6, 6.07) is 55.6. The van der Waals surface area contributed by atoms with Crippen LogP contribution in [0.3, 0.4) is 0 Å². The first-order valence-corrected chi connectivity index (χ1v) is 17.4. The molecule has 0 fully saturated rings. The Morgan fingerprint density at radius 1 is 0.265 bits per heavy atom. The molecule has 0 spiro atoms. The molecule has 0 aromatic heterocycles. The molecule has 0 nitrogen and oxygen atoms in total. The van der Waals surface area contributed by atoms with Crippen molar-refractivity contribution in [2.75, 3.05) is 0 Å². The number of rotatable bonds is 2. The Morgan fingerprint density at radius 3 is 1.45 bits per heavy atom. The highest BCUT2D eigenvalue weighted by molar-refractivity contribution is 6.44. The van der Waals surface area contributed by atoms with E-state index >= 15 is 0 Å². The molecule has 0 amide bonds. The highest BCUT2D eigenvalue weighted by Crippen LogP contribution is 2.55. The maximum absolute atomic E-state index is 2.55. The first-order chi connectivity index (χ1) is 24.3. The largest absolute Gasteiger partial charge is 0.0622 e. The normalized spacial score (nSPS) is 13.2. The van der Waals surface area contributed by atoms with E-state index in [1.165, 1.54) is 130 Å². The van der Waals surface area contributed by atoms with Crippen molar-refractivity contribution >= 4 is 97.0 Å². The summed E-state index contributed by atoms with van der Waals surface area (Å²) in [5, 5.41) is 24.7. The highest BCUT2D eigenvalue weighted by Gasteiger charge is 2.28. The lowest BCUT2D eigenvalue weighted by atomic mass is 9.83. The molecule has 1 aliphatic rings. The van der Waals surface area contributed by atoms with Crippen molar-refractivity contribution in [2.45, 2.75) is 6.42 Å². The minimum Gasteiger partial charge on any atom is -0.0622 e. The monoisotopic (exact) mass is 614 g/mol. The summed E-state index contributed by atoms with van der Waals surface area (Å²) < 4.78 is 0. The van der Waals surface area contributed by atoms with Gasteiger partial charge in [-0.1, -0.05) is 127 Å². The Kier molecular flexibility index (Phi) is 4.27. The van der Waals surface area contributed by atoms with E-state index in [0.29, 0.717) is 0 Å². The van der Waals surface area contributed by atoms with Gasteiger partial charge in [0.2, 0.25) is 0 Å². The average Bonchev–Trinajstić information content (AvgIpc) is 3.61. The molecule has 0 heteroatoms. The first-order valence-electron chi connectivity index (χ1n) is 17.4. The van der Waals surface area contributed by atoms with E-state index in [-0.39, 0.29) is 0 Å². The van der Waals surface area contributed by atoms with Gasteiger partial charge < -0.3 is 0 Å². The molecule has 12 aromatic rings.